The minimum atomic E-state index is -0.640. The molecule has 5 aliphatic carbocycles. The van der Waals surface area contributed by atoms with Crippen molar-refractivity contribution in [1.29, 1.82) is 0 Å². The number of nitrogens with one attached hydrogen (secondary N) is 1. The molecule has 8 atom stereocenters. The van der Waals surface area contributed by atoms with Crippen molar-refractivity contribution in [3.05, 3.63) is 11.6 Å². The molecule has 4 fully saturated rings. The molecule has 4 saturated carbocycles. The van der Waals surface area contributed by atoms with E-state index in [2.05, 4.69) is 78.6 Å². The molecule has 0 radical (unpaired) electrons. The van der Waals surface area contributed by atoms with E-state index in [0.717, 1.165) is 71.0 Å². The Labute approximate surface area is 261 Å². The van der Waals surface area contributed by atoms with E-state index in [-0.39, 0.29) is 45.2 Å². The number of likely N-dealkylation sites (N-methyl/N-ethyl adjacent to an activating group) is 1. The van der Waals surface area contributed by atoms with Gasteiger partial charge in [0.15, 0.2) is 5.78 Å². The van der Waals surface area contributed by atoms with Crippen molar-refractivity contribution in [3.8, 4) is 0 Å². The molecule has 0 aromatic carbocycles. The van der Waals surface area contributed by atoms with E-state index >= 15 is 0 Å². The van der Waals surface area contributed by atoms with Gasteiger partial charge in [-0.2, -0.15) is 0 Å². The van der Waals surface area contributed by atoms with E-state index in [1.807, 2.05) is 0 Å². The number of nitrogens with zero attached hydrogens (tertiary/aromatic N) is 1. The Morgan fingerprint density at radius 2 is 1.58 bits per heavy atom. The maximum atomic E-state index is 14.0. The van der Waals surface area contributed by atoms with Gasteiger partial charge in [-0.05, 0) is 110 Å². The molecule has 0 aliphatic heterocycles. The van der Waals surface area contributed by atoms with Crippen LogP contribution < -0.4 is 5.32 Å². The number of aliphatic carboxylic acids is 1. The van der Waals surface area contributed by atoms with Crippen molar-refractivity contribution in [1.82, 2.24) is 10.2 Å². The number of carboxylic acid groups (broad SMARTS) is 1. The first-order valence-electron chi connectivity index (χ1n) is 17.4. The highest BCUT2D eigenvalue weighted by Crippen LogP contribution is 2.75. The Morgan fingerprint density at radius 3 is 2.21 bits per heavy atom. The fourth-order valence-corrected chi connectivity index (χ4v) is 11.8. The molecule has 6 nitrogen and oxygen atoms in total. The summed E-state index contributed by atoms with van der Waals surface area (Å²) in [6, 6.07) is 0. The Morgan fingerprint density at radius 1 is 0.930 bits per heavy atom. The highest BCUT2D eigenvalue weighted by Gasteiger charge is 2.70. The standard InChI is InChI=1S/C37H60N2O4/c1-10-39(11-2)21-20-38-30(41)24-22-34(7)27(33(5,6)29(24)40)14-15-36(9)28(34)13-12-25-26-23-32(3,4)16-18-37(26,31(42)43)19-17-35(25,36)8/h12,24,26-28H,10-11,13-23H2,1-9H3,(H,38,41)(H,42,43)/t24?,26?,27?,28?,34-,35+,36+,37-/m0/s1. The summed E-state index contributed by atoms with van der Waals surface area (Å²) in [7, 11) is 0. The summed E-state index contributed by atoms with van der Waals surface area (Å²) in [5, 5.41) is 13.8. The smallest absolute Gasteiger partial charge is 0.310 e. The molecule has 5 aliphatic rings. The second kappa shape index (κ2) is 10.7. The summed E-state index contributed by atoms with van der Waals surface area (Å²) >= 11 is 0. The highest BCUT2D eigenvalue weighted by atomic mass is 16.4. The number of ketones is 1. The van der Waals surface area contributed by atoms with Gasteiger partial charge in [-0.25, -0.2) is 0 Å². The van der Waals surface area contributed by atoms with Crippen LogP contribution in [0.3, 0.4) is 0 Å². The quantitative estimate of drug-likeness (QED) is 0.241. The number of carbonyl (C=O) groups excluding carboxylic acids is 2. The Balaban J connectivity index is 1.49. The van der Waals surface area contributed by atoms with Crippen LogP contribution in [0.25, 0.3) is 0 Å². The first-order valence-corrected chi connectivity index (χ1v) is 17.4. The number of hydrogen-bond acceptors (Lipinski definition) is 4. The van der Waals surface area contributed by atoms with E-state index in [1.165, 1.54) is 5.57 Å². The van der Waals surface area contributed by atoms with Crippen LogP contribution in [-0.2, 0) is 14.4 Å². The maximum absolute atomic E-state index is 14.0. The van der Waals surface area contributed by atoms with Gasteiger partial charge in [0.1, 0.15) is 0 Å². The zero-order valence-electron chi connectivity index (χ0n) is 28.7. The Hall–Kier alpha value is -1.69. The average molecular weight is 597 g/mol. The van der Waals surface area contributed by atoms with Gasteiger partial charge < -0.3 is 15.3 Å². The van der Waals surface area contributed by atoms with Crippen molar-refractivity contribution in [3.63, 3.8) is 0 Å². The van der Waals surface area contributed by atoms with Crippen LogP contribution in [0.5, 0.6) is 0 Å². The van der Waals surface area contributed by atoms with Gasteiger partial charge in [0.05, 0.1) is 11.3 Å². The van der Waals surface area contributed by atoms with Crippen molar-refractivity contribution in [2.75, 3.05) is 26.2 Å². The van der Waals surface area contributed by atoms with Gasteiger partial charge in [0.25, 0.3) is 0 Å². The zero-order valence-corrected chi connectivity index (χ0v) is 28.7. The van der Waals surface area contributed by atoms with Crippen molar-refractivity contribution in [2.45, 2.75) is 120 Å². The fraction of sp³-hybridized carbons (Fsp3) is 0.865. The maximum Gasteiger partial charge on any atom is 0.310 e. The lowest BCUT2D eigenvalue weighted by atomic mass is 9.33. The SMILES string of the molecule is CCN(CC)CCNC(=O)C1C[C@@]2(C)C(CC[C@]3(C)C2CC=C2C4CC(C)(C)CC[C@]4(C(=O)O)CC[C@]23C)C(C)(C)C1=O. The molecule has 4 unspecified atom stereocenters. The normalized spacial score (nSPS) is 43.0. The predicted octanol–water partition coefficient (Wildman–Crippen LogP) is 7.13. The van der Waals surface area contributed by atoms with E-state index < -0.39 is 22.7 Å². The van der Waals surface area contributed by atoms with E-state index in [1.54, 1.807) is 0 Å². The molecular formula is C37H60N2O4. The monoisotopic (exact) mass is 596 g/mol. The van der Waals surface area contributed by atoms with E-state index in [9.17, 15) is 19.5 Å². The molecule has 0 aromatic rings. The van der Waals surface area contributed by atoms with Crippen LogP contribution in [0, 0.1) is 56.2 Å². The minimum absolute atomic E-state index is 0.00513. The van der Waals surface area contributed by atoms with Crippen molar-refractivity contribution >= 4 is 17.7 Å². The molecule has 5 rings (SSSR count). The van der Waals surface area contributed by atoms with Crippen molar-refractivity contribution in [2.24, 2.45) is 56.2 Å². The van der Waals surface area contributed by atoms with Gasteiger partial charge >= 0.3 is 5.97 Å². The molecule has 43 heavy (non-hydrogen) atoms. The van der Waals surface area contributed by atoms with Gasteiger partial charge in [0, 0.05) is 18.5 Å². The third-order valence-corrected chi connectivity index (χ3v) is 14.7. The topological polar surface area (TPSA) is 86.7 Å². The lowest BCUT2D eigenvalue weighted by molar-refractivity contribution is -0.195. The highest BCUT2D eigenvalue weighted by molar-refractivity contribution is 6.04. The lowest BCUT2D eigenvalue weighted by Gasteiger charge is -2.70. The van der Waals surface area contributed by atoms with Crippen LogP contribution >= 0.6 is 0 Å². The number of hydrogen-bond donors (Lipinski definition) is 2. The van der Waals surface area contributed by atoms with Crippen LogP contribution in [0.4, 0.5) is 0 Å². The van der Waals surface area contributed by atoms with Crippen LogP contribution in [0.2, 0.25) is 0 Å². The number of rotatable bonds is 7. The molecule has 0 aromatic heterocycles. The first-order chi connectivity index (χ1) is 19.9. The second-order valence-corrected chi connectivity index (χ2v) is 17.3. The lowest BCUT2D eigenvalue weighted by Crippen LogP contribution is -2.66. The number of amides is 1. The van der Waals surface area contributed by atoms with Gasteiger partial charge in [-0.3, -0.25) is 14.4 Å². The molecule has 0 saturated heterocycles. The third-order valence-electron chi connectivity index (χ3n) is 14.7. The van der Waals surface area contributed by atoms with Gasteiger partial charge in [0.2, 0.25) is 5.91 Å². The van der Waals surface area contributed by atoms with E-state index in [4.69, 9.17) is 0 Å². The number of allylic oxidation sites excluding steroid dienone is 2. The molecule has 0 heterocycles. The number of carboxylic acids is 1. The second-order valence-electron chi connectivity index (χ2n) is 17.3. The molecular weight excluding hydrogens is 536 g/mol. The number of Topliss-reactive ketones (excluding diaryl/α,β-unsaturated/α-hetero) is 1. The molecule has 2 N–H and O–H groups in total. The predicted molar refractivity (Wildman–Crippen MR) is 171 cm³/mol. The average Bonchev–Trinajstić information content (AvgIpc) is 2.93. The van der Waals surface area contributed by atoms with Gasteiger partial charge in [-0.1, -0.05) is 74.0 Å². The largest absolute Gasteiger partial charge is 0.481 e. The molecule has 1 amide bonds. The van der Waals surface area contributed by atoms with Crippen LogP contribution in [0.1, 0.15) is 120 Å². The Bertz CT molecular complexity index is 1180. The van der Waals surface area contributed by atoms with E-state index in [0.29, 0.717) is 18.9 Å². The Kier molecular flexibility index (Phi) is 8.13. The number of fused-ring (bicyclic) bond motifs is 7. The summed E-state index contributed by atoms with van der Waals surface area (Å²) < 4.78 is 0. The summed E-state index contributed by atoms with van der Waals surface area (Å²) in [5.74, 6) is -0.516. The third kappa shape index (κ3) is 4.69. The summed E-state index contributed by atoms with van der Waals surface area (Å²) in [6.07, 6.45) is 10.4. The van der Waals surface area contributed by atoms with Crippen LogP contribution in [-0.4, -0.2) is 53.8 Å². The zero-order chi connectivity index (χ0) is 31.8. The summed E-state index contributed by atoms with van der Waals surface area (Å²) in [5.41, 5.74) is 0.138. The minimum Gasteiger partial charge on any atom is -0.481 e. The molecule has 0 bridgehead atoms. The van der Waals surface area contributed by atoms with Crippen molar-refractivity contribution < 1.29 is 19.5 Å². The fourth-order valence-electron chi connectivity index (χ4n) is 11.8. The molecule has 242 valence electrons. The first kappa shape index (κ1) is 32.7. The van der Waals surface area contributed by atoms with Crippen LogP contribution in [0.15, 0.2) is 11.6 Å². The van der Waals surface area contributed by atoms with Gasteiger partial charge in [-0.15, -0.1) is 0 Å². The number of carbonyl (C=O) groups is 3. The molecule has 0 spiro atoms. The summed E-state index contributed by atoms with van der Waals surface area (Å²) in [4.78, 5) is 42.9. The molecule has 6 heteroatoms. The summed E-state index contributed by atoms with van der Waals surface area (Å²) in [6.45, 7) is 23.7.